The lowest BCUT2D eigenvalue weighted by molar-refractivity contribution is -0.147. The summed E-state index contributed by atoms with van der Waals surface area (Å²) in [5.74, 6) is 2.04. The SMILES string of the molecule is C#CCCC(=O)N(NC(=O)CNCCOC)C(Cc1ccccc1)[C@H](O)CN(CC(C)C)S(=O)(=O)c1ccc2c(c1)CCO2. The smallest absolute Gasteiger partial charge is 0.252 e. The zero-order valence-corrected chi connectivity index (χ0v) is 26.5. The number of sulfonamides is 1. The van der Waals surface area contributed by atoms with Crippen molar-refractivity contribution in [1.29, 1.82) is 0 Å². The van der Waals surface area contributed by atoms with Gasteiger partial charge < -0.3 is 19.9 Å². The molecule has 1 aliphatic heterocycles. The first kappa shape index (κ1) is 35.0. The summed E-state index contributed by atoms with van der Waals surface area (Å²) in [5, 5.41) is 15.8. The summed E-state index contributed by atoms with van der Waals surface area (Å²) in [6.45, 7) is 4.79. The quantitative estimate of drug-likeness (QED) is 0.137. The van der Waals surface area contributed by atoms with Crippen LogP contribution in [0.3, 0.4) is 0 Å². The number of nitrogens with one attached hydrogen (secondary N) is 2. The van der Waals surface area contributed by atoms with Gasteiger partial charge in [-0.2, -0.15) is 4.31 Å². The average Bonchev–Trinajstić information content (AvgIpc) is 3.48. The Balaban J connectivity index is 1.95. The number of methoxy groups -OCH3 is 1. The number of aliphatic hydroxyl groups excluding tert-OH is 1. The van der Waals surface area contributed by atoms with Crippen LogP contribution in [0, 0.1) is 18.3 Å². The van der Waals surface area contributed by atoms with Gasteiger partial charge in [0.2, 0.25) is 15.9 Å². The van der Waals surface area contributed by atoms with Gasteiger partial charge in [-0.05, 0) is 41.7 Å². The lowest BCUT2D eigenvalue weighted by Crippen LogP contribution is -2.60. The normalized spacial score (nSPS) is 14.0. The molecule has 240 valence electrons. The van der Waals surface area contributed by atoms with Crippen LogP contribution in [0.25, 0.3) is 0 Å². The largest absolute Gasteiger partial charge is 0.493 e. The first-order chi connectivity index (χ1) is 21.1. The summed E-state index contributed by atoms with van der Waals surface area (Å²) in [6, 6.07) is 12.9. The summed E-state index contributed by atoms with van der Waals surface area (Å²) in [5.41, 5.74) is 4.25. The molecule has 2 aromatic carbocycles. The second-order valence-corrected chi connectivity index (χ2v) is 13.0. The van der Waals surface area contributed by atoms with Crippen molar-refractivity contribution < 1.29 is 32.6 Å². The van der Waals surface area contributed by atoms with Crippen LogP contribution in [-0.2, 0) is 37.2 Å². The van der Waals surface area contributed by atoms with E-state index >= 15 is 0 Å². The third kappa shape index (κ3) is 10.0. The highest BCUT2D eigenvalue weighted by Crippen LogP contribution is 2.29. The molecule has 2 amide bonds. The van der Waals surface area contributed by atoms with E-state index < -0.39 is 34.0 Å². The van der Waals surface area contributed by atoms with E-state index in [0.29, 0.717) is 31.9 Å². The number of carbonyl (C=O) groups is 2. The van der Waals surface area contributed by atoms with E-state index in [4.69, 9.17) is 15.9 Å². The van der Waals surface area contributed by atoms with E-state index in [0.717, 1.165) is 16.1 Å². The maximum atomic E-state index is 14.0. The molecule has 0 radical (unpaired) electrons. The Kier molecular flexibility index (Phi) is 13.6. The molecule has 0 aromatic heterocycles. The fourth-order valence-electron chi connectivity index (χ4n) is 4.92. The molecular formula is C32H44N4O7S. The molecule has 2 atom stereocenters. The monoisotopic (exact) mass is 628 g/mol. The zero-order valence-electron chi connectivity index (χ0n) is 25.7. The van der Waals surface area contributed by atoms with Crippen LogP contribution in [0.4, 0.5) is 0 Å². The number of rotatable bonds is 17. The molecule has 3 N–H and O–H groups in total. The van der Waals surface area contributed by atoms with Gasteiger partial charge in [-0.1, -0.05) is 44.2 Å². The van der Waals surface area contributed by atoms with Crippen LogP contribution in [-0.4, -0.2) is 93.3 Å². The molecule has 3 rings (SSSR count). The number of aliphatic hydroxyl groups is 1. The third-order valence-corrected chi connectivity index (χ3v) is 8.91. The Morgan fingerprint density at radius 2 is 1.91 bits per heavy atom. The molecule has 44 heavy (non-hydrogen) atoms. The highest BCUT2D eigenvalue weighted by atomic mass is 32.2. The highest BCUT2D eigenvalue weighted by Gasteiger charge is 2.36. The molecule has 12 heteroatoms. The maximum Gasteiger partial charge on any atom is 0.252 e. The number of ether oxygens (including phenoxy) is 2. The number of hydrogen-bond acceptors (Lipinski definition) is 8. The van der Waals surface area contributed by atoms with Gasteiger partial charge in [0.05, 0.1) is 36.8 Å². The number of hydrogen-bond donors (Lipinski definition) is 3. The lowest BCUT2D eigenvalue weighted by atomic mass is 9.99. The number of fused-ring (bicyclic) bond motifs is 1. The molecule has 1 unspecified atom stereocenters. The fraction of sp³-hybridized carbons (Fsp3) is 0.500. The van der Waals surface area contributed by atoms with Crippen molar-refractivity contribution in [2.75, 3.05) is 46.5 Å². The fourth-order valence-corrected chi connectivity index (χ4v) is 6.59. The molecule has 1 aliphatic rings. The van der Waals surface area contributed by atoms with E-state index in [2.05, 4.69) is 16.7 Å². The average molecular weight is 629 g/mol. The highest BCUT2D eigenvalue weighted by molar-refractivity contribution is 7.89. The van der Waals surface area contributed by atoms with Crippen molar-refractivity contribution in [3.8, 4) is 18.1 Å². The summed E-state index contributed by atoms with van der Waals surface area (Å²) < 4.78 is 39.7. The molecular weight excluding hydrogens is 584 g/mol. The van der Waals surface area contributed by atoms with Crippen LogP contribution in [0.5, 0.6) is 5.75 Å². The topological polar surface area (TPSA) is 138 Å². The van der Waals surface area contributed by atoms with Crippen LogP contribution in [0.1, 0.15) is 37.8 Å². The van der Waals surface area contributed by atoms with Crippen LogP contribution in [0.15, 0.2) is 53.4 Å². The van der Waals surface area contributed by atoms with Crippen LogP contribution in [0.2, 0.25) is 0 Å². The predicted molar refractivity (Wildman–Crippen MR) is 167 cm³/mol. The van der Waals surface area contributed by atoms with Gasteiger partial charge in [0.25, 0.3) is 5.91 Å². The van der Waals surface area contributed by atoms with Gasteiger partial charge in [-0.25, -0.2) is 13.4 Å². The number of nitrogens with zero attached hydrogens (tertiary/aromatic N) is 2. The van der Waals surface area contributed by atoms with E-state index in [1.807, 2.05) is 44.2 Å². The Labute approximate surface area is 260 Å². The summed E-state index contributed by atoms with van der Waals surface area (Å²) >= 11 is 0. The molecule has 0 saturated carbocycles. The molecule has 0 aliphatic carbocycles. The van der Waals surface area contributed by atoms with Crippen molar-refractivity contribution in [3.63, 3.8) is 0 Å². The number of terminal acetylenes is 1. The van der Waals surface area contributed by atoms with Crippen molar-refractivity contribution in [3.05, 3.63) is 59.7 Å². The van der Waals surface area contributed by atoms with Crippen LogP contribution < -0.4 is 15.5 Å². The van der Waals surface area contributed by atoms with E-state index in [-0.39, 0.29) is 49.7 Å². The minimum absolute atomic E-state index is 0.0615. The van der Waals surface area contributed by atoms with Gasteiger partial charge >= 0.3 is 0 Å². The minimum atomic E-state index is -4.04. The molecule has 0 spiro atoms. The van der Waals surface area contributed by atoms with E-state index in [9.17, 15) is 23.1 Å². The molecule has 11 nitrogen and oxygen atoms in total. The van der Waals surface area contributed by atoms with E-state index in [1.165, 1.54) is 10.4 Å². The standard InChI is InChI=1S/C32H44N4O7S/c1-5-6-12-32(39)36(34-31(38)21-33-16-18-42-4)28(19-25-10-8-7-9-11-25)29(37)23-35(22-24(2)3)44(40,41)27-13-14-30-26(20-27)15-17-43-30/h1,7-11,13-14,20,24,28-29,33,37H,6,12,15-19,21-23H2,2-4H3,(H,34,38)/t28?,29-/m1/s1. The lowest BCUT2D eigenvalue weighted by Gasteiger charge is -2.37. The van der Waals surface area contributed by atoms with Gasteiger partial charge in [-0.3, -0.25) is 15.0 Å². The molecule has 0 bridgehead atoms. The molecule has 0 saturated heterocycles. The van der Waals surface area contributed by atoms with Gasteiger partial charge in [0.15, 0.2) is 0 Å². The first-order valence-electron chi connectivity index (χ1n) is 14.8. The van der Waals surface area contributed by atoms with Crippen molar-refractivity contribution in [2.45, 2.75) is 56.6 Å². The van der Waals surface area contributed by atoms with Gasteiger partial charge in [0, 0.05) is 46.0 Å². The second-order valence-electron chi connectivity index (χ2n) is 11.1. The number of hydrazine groups is 1. The third-order valence-electron chi connectivity index (χ3n) is 7.09. The van der Waals surface area contributed by atoms with Gasteiger partial charge in [0.1, 0.15) is 5.75 Å². The number of benzene rings is 2. The molecule has 2 aromatic rings. The number of carbonyl (C=O) groups excluding carboxylic acids is 2. The second kappa shape index (κ2) is 17.1. The Bertz CT molecular complexity index is 1380. The summed E-state index contributed by atoms with van der Waals surface area (Å²) in [6.07, 6.45) is 4.85. The summed E-state index contributed by atoms with van der Waals surface area (Å²) in [4.78, 5) is 26.5. The predicted octanol–water partition coefficient (Wildman–Crippen LogP) is 1.75. The Morgan fingerprint density at radius 1 is 1.16 bits per heavy atom. The Morgan fingerprint density at radius 3 is 2.59 bits per heavy atom. The first-order valence-corrected chi connectivity index (χ1v) is 16.2. The minimum Gasteiger partial charge on any atom is -0.493 e. The summed E-state index contributed by atoms with van der Waals surface area (Å²) in [7, 11) is -2.49. The zero-order chi connectivity index (χ0) is 32.1. The van der Waals surface area contributed by atoms with E-state index in [1.54, 1.807) is 19.2 Å². The van der Waals surface area contributed by atoms with Crippen molar-refractivity contribution in [2.24, 2.45) is 5.92 Å². The maximum absolute atomic E-state index is 14.0. The molecule has 1 heterocycles. The Hall–Kier alpha value is -3.47. The van der Waals surface area contributed by atoms with Gasteiger partial charge in [-0.15, -0.1) is 12.3 Å². The number of amides is 2. The van der Waals surface area contributed by atoms with Crippen LogP contribution >= 0.6 is 0 Å². The van der Waals surface area contributed by atoms with Crippen molar-refractivity contribution in [1.82, 2.24) is 20.1 Å². The molecule has 0 fully saturated rings. The van der Waals surface area contributed by atoms with Crippen molar-refractivity contribution >= 4 is 21.8 Å².